The lowest BCUT2D eigenvalue weighted by Gasteiger charge is -2.61. The van der Waals surface area contributed by atoms with Crippen LogP contribution in [0.3, 0.4) is 0 Å². The lowest BCUT2D eigenvalue weighted by Crippen LogP contribution is -2.76. The Balaban J connectivity index is 1.09. The van der Waals surface area contributed by atoms with E-state index in [1.165, 1.54) is 6.07 Å². The van der Waals surface area contributed by atoms with Crippen molar-refractivity contribution in [3.63, 3.8) is 0 Å². The number of hydrogen-bond donors (Lipinski definition) is 1. The molecule has 3 aliphatic heterocycles. The molecule has 0 bridgehead atoms. The second kappa shape index (κ2) is 7.18. The van der Waals surface area contributed by atoms with Crippen molar-refractivity contribution in [2.24, 2.45) is 11.3 Å². The van der Waals surface area contributed by atoms with Crippen LogP contribution in [0.4, 0.5) is 22.4 Å². The van der Waals surface area contributed by atoms with E-state index in [0.29, 0.717) is 56.8 Å². The highest BCUT2D eigenvalue weighted by atomic mass is 32.2. The maximum Gasteiger partial charge on any atom is 0.416 e. The van der Waals surface area contributed by atoms with Gasteiger partial charge in [0.15, 0.2) is 0 Å². The van der Waals surface area contributed by atoms with Gasteiger partial charge in [0.25, 0.3) is 0 Å². The normalized spacial score (nSPS) is 27.0. The third-order valence-corrected chi connectivity index (χ3v) is 7.97. The topological polar surface area (TPSA) is 44.8 Å². The lowest BCUT2D eigenvalue weighted by molar-refractivity contribution is -0.137. The maximum absolute atomic E-state index is 13.6. The molecular formula is C21H25F4N3O2S. The van der Waals surface area contributed by atoms with Crippen molar-refractivity contribution in [3.05, 3.63) is 35.1 Å². The summed E-state index contributed by atoms with van der Waals surface area (Å²) in [4.78, 5) is 16.4. The van der Waals surface area contributed by atoms with Gasteiger partial charge in [0, 0.05) is 31.6 Å². The first kappa shape index (κ1) is 21.2. The van der Waals surface area contributed by atoms with Crippen LogP contribution in [0.2, 0.25) is 0 Å². The molecule has 10 heteroatoms. The molecule has 4 fully saturated rings. The summed E-state index contributed by atoms with van der Waals surface area (Å²) < 4.78 is 61.3. The van der Waals surface area contributed by atoms with E-state index < -0.39 is 17.6 Å². The van der Waals surface area contributed by atoms with Gasteiger partial charge in [0.2, 0.25) is 0 Å². The van der Waals surface area contributed by atoms with Gasteiger partial charge < -0.3 is 14.5 Å². The van der Waals surface area contributed by atoms with Crippen molar-refractivity contribution in [1.82, 2.24) is 14.5 Å². The molecule has 1 aromatic rings. The van der Waals surface area contributed by atoms with Gasteiger partial charge in [0.1, 0.15) is 5.82 Å². The minimum Gasteiger partial charge on any atom is -0.368 e. The van der Waals surface area contributed by atoms with Crippen molar-refractivity contribution in [1.29, 1.82) is 0 Å². The summed E-state index contributed by atoms with van der Waals surface area (Å²) in [5.41, 5.74) is -0.636. The second-order valence-corrected chi connectivity index (χ2v) is 11.1. The Kier molecular flexibility index (Phi) is 4.91. The Hall–Kier alpha value is -1.65. The molecule has 1 aromatic carbocycles. The van der Waals surface area contributed by atoms with Crippen LogP contribution in [-0.4, -0.2) is 66.0 Å². The molecule has 2 spiro atoms. The monoisotopic (exact) mass is 459 g/mol. The molecule has 1 saturated carbocycles. The van der Waals surface area contributed by atoms with Crippen molar-refractivity contribution < 1.29 is 27.1 Å². The molecular weight excluding hydrogens is 434 g/mol. The Morgan fingerprint density at radius 2 is 1.87 bits per heavy atom. The number of ether oxygens (including phenoxy) is 1. The van der Waals surface area contributed by atoms with E-state index in [1.807, 2.05) is 9.80 Å². The fraction of sp³-hybridized carbons (Fsp3) is 0.619. The standard InChI is InChI=1S/C21H25F4N3O2S/c1-31-13-30-12-20(26-31)10-28(11-20)18(29)27-8-19(9-27)6-15(7-19)2-14-3-16(21(23,24)25)5-17(22)4-14/h3-5,15,26H,1-2,6-13H2. The third kappa shape index (κ3) is 3.98. The summed E-state index contributed by atoms with van der Waals surface area (Å²) in [5, 5.41) is 0. The van der Waals surface area contributed by atoms with Gasteiger partial charge in [0.05, 0.1) is 23.6 Å². The summed E-state index contributed by atoms with van der Waals surface area (Å²) in [6.45, 7) is 3.21. The number of alkyl halides is 3. The number of carbonyl (C=O) groups is 1. The van der Waals surface area contributed by atoms with Crippen LogP contribution in [0.15, 0.2) is 18.2 Å². The highest BCUT2D eigenvalue weighted by molar-refractivity contribution is 8.12. The quantitative estimate of drug-likeness (QED) is 0.544. The minimum absolute atomic E-state index is 0.0379. The summed E-state index contributed by atoms with van der Waals surface area (Å²) in [7, 11) is -0.229. The van der Waals surface area contributed by atoms with Crippen molar-refractivity contribution in [2.45, 2.75) is 31.0 Å². The first-order valence-electron chi connectivity index (χ1n) is 10.3. The molecule has 4 aliphatic rings. The fourth-order valence-corrected chi connectivity index (χ4v) is 6.75. The molecule has 1 unspecified atom stereocenters. The third-order valence-electron chi connectivity index (χ3n) is 6.80. The van der Waals surface area contributed by atoms with E-state index in [4.69, 9.17) is 4.74 Å². The van der Waals surface area contributed by atoms with E-state index in [9.17, 15) is 22.4 Å². The second-order valence-electron chi connectivity index (χ2n) is 9.66. The zero-order chi connectivity index (χ0) is 22.0. The van der Waals surface area contributed by atoms with Gasteiger partial charge in [-0.25, -0.2) is 9.18 Å². The number of likely N-dealkylation sites (tertiary alicyclic amines) is 2. The predicted molar refractivity (Wildman–Crippen MR) is 110 cm³/mol. The van der Waals surface area contributed by atoms with Crippen molar-refractivity contribution in [3.8, 4) is 0 Å². The molecule has 1 atom stereocenters. The largest absolute Gasteiger partial charge is 0.416 e. The van der Waals surface area contributed by atoms with Gasteiger partial charge in [-0.2, -0.15) is 13.2 Å². The first-order valence-corrected chi connectivity index (χ1v) is 11.9. The molecule has 5 rings (SSSR count). The Labute approximate surface area is 180 Å². The van der Waals surface area contributed by atoms with Crippen LogP contribution in [0, 0.1) is 17.2 Å². The fourth-order valence-electron chi connectivity index (χ4n) is 5.61. The maximum atomic E-state index is 13.6. The number of nitrogens with one attached hydrogen (secondary N) is 1. The number of urea groups is 1. The highest BCUT2D eigenvalue weighted by Crippen LogP contribution is 2.53. The van der Waals surface area contributed by atoms with Gasteiger partial charge >= 0.3 is 12.2 Å². The summed E-state index contributed by atoms with van der Waals surface area (Å²) in [6, 6.07) is 2.81. The van der Waals surface area contributed by atoms with E-state index in [1.54, 1.807) is 0 Å². The SMILES string of the molecule is C=S1COCC2(CN(C(=O)N3CC4(CC(Cc5cc(F)cc(C(F)(F)F)c5)C4)C3)C2)N1. The zero-order valence-corrected chi connectivity index (χ0v) is 17.8. The number of carbonyl (C=O) groups excluding carboxylic acids is 1. The number of amides is 2. The van der Waals surface area contributed by atoms with Crippen LogP contribution in [-0.2, 0) is 17.3 Å². The molecule has 3 saturated heterocycles. The minimum atomic E-state index is -4.55. The predicted octanol–water partition coefficient (Wildman–Crippen LogP) is 3.47. The van der Waals surface area contributed by atoms with Gasteiger partial charge in [-0.1, -0.05) is 5.87 Å². The average molecular weight is 460 g/mol. The number of halogens is 4. The zero-order valence-electron chi connectivity index (χ0n) is 17.0. The van der Waals surface area contributed by atoms with Gasteiger partial charge in [-0.3, -0.25) is 4.72 Å². The number of hydrogen-bond acceptors (Lipinski definition) is 3. The molecule has 1 aliphatic carbocycles. The molecule has 2 amide bonds. The molecule has 170 valence electrons. The van der Waals surface area contributed by atoms with Gasteiger partial charge in [-0.15, -0.1) is 10.7 Å². The van der Waals surface area contributed by atoms with E-state index in [2.05, 4.69) is 10.6 Å². The Bertz CT molecular complexity index is 918. The summed E-state index contributed by atoms with van der Waals surface area (Å²) in [5.74, 6) is 3.99. The van der Waals surface area contributed by atoms with Crippen LogP contribution in [0.25, 0.3) is 0 Å². The summed E-state index contributed by atoms with van der Waals surface area (Å²) in [6.07, 6.45) is -2.39. The molecule has 5 nitrogen and oxygen atoms in total. The van der Waals surface area contributed by atoms with E-state index >= 15 is 0 Å². The number of rotatable bonds is 2. The van der Waals surface area contributed by atoms with E-state index in [0.717, 1.165) is 18.9 Å². The van der Waals surface area contributed by atoms with Crippen molar-refractivity contribution in [2.75, 3.05) is 38.7 Å². The van der Waals surface area contributed by atoms with Crippen LogP contribution < -0.4 is 4.72 Å². The molecule has 0 aromatic heterocycles. The average Bonchev–Trinajstić information content (AvgIpc) is 2.58. The van der Waals surface area contributed by atoms with Gasteiger partial charge in [-0.05, 0) is 48.9 Å². The Morgan fingerprint density at radius 1 is 1.19 bits per heavy atom. The molecule has 3 heterocycles. The highest BCUT2D eigenvalue weighted by Gasteiger charge is 2.56. The number of nitrogens with zero attached hydrogens (tertiary/aromatic N) is 2. The Morgan fingerprint density at radius 3 is 2.52 bits per heavy atom. The lowest BCUT2D eigenvalue weighted by atomic mass is 9.56. The molecule has 31 heavy (non-hydrogen) atoms. The molecule has 0 radical (unpaired) electrons. The number of benzene rings is 1. The van der Waals surface area contributed by atoms with Crippen molar-refractivity contribution >= 4 is 22.6 Å². The van der Waals surface area contributed by atoms with Crippen LogP contribution >= 0.6 is 10.7 Å². The van der Waals surface area contributed by atoms with Crippen LogP contribution in [0.5, 0.6) is 0 Å². The van der Waals surface area contributed by atoms with Crippen LogP contribution in [0.1, 0.15) is 24.0 Å². The summed E-state index contributed by atoms with van der Waals surface area (Å²) >= 11 is 0. The smallest absolute Gasteiger partial charge is 0.368 e. The van der Waals surface area contributed by atoms with E-state index in [-0.39, 0.29) is 33.6 Å². The molecule has 1 N–H and O–H groups in total. The first-order chi connectivity index (χ1) is 14.5.